The van der Waals surface area contributed by atoms with Gasteiger partial charge in [0.05, 0.1) is 12.1 Å². The molecule has 1 aliphatic heterocycles. The number of nitrogens with two attached hydrogens (primary N) is 1. The number of ether oxygens (including phenoxy) is 2. The van der Waals surface area contributed by atoms with Crippen LogP contribution in [0, 0.1) is 5.92 Å². The van der Waals surface area contributed by atoms with Crippen molar-refractivity contribution in [3.63, 3.8) is 0 Å². The largest absolute Gasteiger partial charge is 0.491 e. The van der Waals surface area contributed by atoms with E-state index in [1.807, 2.05) is 32.9 Å². The molecule has 0 bridgehead atoms. The molecule has 0 saturated carbocycles. The number of amides is 1. The summed E-state index contributed by atoms with van der Waals surface area (Å²) >= 11 is 0. The van der Waals surface area contributed by atoms with Gasteiger partial charge in [-0.05, 0) is 70.1 Å². The molecule has 3 N–H and O–H groups in total. The Morgan fingerprint density at radius 1 is 1.24 bits per heavy atom. The third-order valence-electron chi connectivity index (χ3n) is 4.63. The van der Waals surface area contributed by atoms with Crippen molar-refractivity contribution in [3.8, 4) is 5.75 Å². The molecule has 5 heteroatoms. The van der Waals surface area contributed by atoms with Crippen molar-refractivity contribution < 1.29 is 14.3 Å². The van der Waals surface area contributed by atoms with Crippen LogP contribution in [0.4, 0.5) is 0 Å². The van der Waals surface area contributed by atoms with Gasteiger partial charge < -0.3 is 20.5 Å². The van der Waals surface area contributed by atoms with Gasteiger partial charge in [0.25, 0.3) is 0 Å². The minimum absolute atomic E-state index is 0.0416. The van der Waals surface area contributed by atoms with Crippen molar-refractivity contribution in [2.75, 3.05) is 13.2 Å². The number of hydrogen-bond acceptors (Lipinski definition) is 4. The van der Waals surface area contributed by atoms with E-state index in [4.69, 9.17) is 15.2 Å². The molecule has 1 saturated heterocycles. The van der Waals surface area contributed by atoms with Crippen LogP contribution in [0.15, 0.2) is 24.3 Å². The van der Waals surface area contributed by atoms with Crippen molar-refractivity contribution >= 4 is 5.91 Å². The molecule has 0 aliphatic carbocycles. The van der Waals surface area contributed by atoms with Crippen molar-refractivity contribution in [1.82, 2.24) is 5.32 Å². The first-order valence-corrected chi connectivity index (χ1v) is 9.35. The molecule has 25 heavy (non-hydrogen) atoms. The molecular formula is C20H32N2O3. The summed E-state index contributed by atoms with van der Waals surface area (Å²) in [6.45, 7) is 7.48. The smallest absolute Gasteiger partial charge is 0.237 e. The minimum Gasteiger partial charge on any atom is -0.491 e. The van der Waals surface area contributed by atoms with Gasteiger partial charge in [-0.1, -0.05) is 12.1 Å². The highest BCUT2D eigenvalue weighted by molar-refractivity contribution is 5.82. The first-order valence-electron chi connectivity index (χ1n) is 9.35. The summed E-state index contributed by atoms with van der Waals surface area (Å²) in [5.41, 5.74) is 7.36. The first kappa shape index (κ1) is 19.7. The molecule has 0 spiro atoms. The second kappa shape index (κ2) is 9.78. The first-order chi connectivity index (χ1) is 12.0. The Hall–Kier alpha value is -1.59. The van der Waals surface area contributed by atoms with Crippen LogP contribution < -0.4 is 15.8 Å². The van der Waals surface area contributed by atoms with E-state index in [0.717, 1.165) is 31.4 Å². The van der Waals surface area contributed by atoms with Gasteiger partial charge in [0.1, 0.15) is 5.75 Å². The Morgan fingerprint density at radius 2 is 1.88 bits per heavy atom. The molecule has 1 aliphatic rings. The predicted octanol–water partition coefficient (Wildman–Crippen LogP) is 2.67. The zero-order valence-corrected chi connectivity index (χ0v) is 15.7. The number of rotatable bonds is 8. The number of carbonyl (C=O) groups excluding carboxylic acids is 1. The SMILES string of the molecule is CC(CCc1ccc(OC(C)C)cc1)NC(=O)C(N)C1CCOCC1. The van der Waals surface area contributed by atoms with Crippen LogP contribution in [-0.4, -0.2) is 37.3 Å². The van der Waals surface area contributed by atoms with Crippen LogP contribution >= 0.6 is 0 Å². The van der Waals surface area contributed by atoms with E-state index in [-0.39, 0.29) is 24.0 Å². The summed E-state index contributed by atoms with van der Waals surface area (Å²) < 4.78 is 11.0. The normalized spacial score (nSPS) is 18.0. The van der Waals surface area contributed by atoms with E-state index < -0.39 is 6.04 Å². The lowest BCUT2D eigenvalue weighted by Crippen LogP contribution is -2.49. The average Bonchev–Trinajstić information content (AvgIpc) is 2.60. The summed E-state index contributed by atoms with van der Waals surface area (Å²) in [4.78, 5) is 12.3. The molecule has 0 aromatic heterocycles. The number of nitrogens with one attached hydrogen (secondary N) is 1. The molecule has 2 atom stereocenters. The van der Waals surface area contributed by atoms with E-state index in [1.165, 1.54) is 5.56 Å². The highest BCUT2D eigenvalue weighted by Crippen LogP contribution is 2.18. The molecule has 1 aromatic carbocycles. The summed E-state index contributed by atoms with van der Waals surface area (Å²) in [5, 5.41) is 3.06. The zero-order valence-electron chi connectivity index (χ0n) is 15.7. The average molecular weight is 348 g/mol. The second-order valence-electron chi connectivity index (χ2n) is 7.23. The van der Waals surface area contributed by atoms with Crippen LogP contribution in [-0.2, 0) is 16.0 Å². The second-order valence-corrected chi connectivity index (χ2v) is 7.23. The van der Waals surface area contributed by atoms with Crippen LogP contribution in [0.5, 0.6) is 5.75 Å². The van der Waals surface area contributed by atoms with Crippen LogP contribution in [0.25, 0.3) is 0 Å². The van der Waals surface area contributed by atoms with Crippen molar-refractivity contribution in [1.29, 1.82) is 0 Å². The molecule has 2 rings (SSSR count). The van der Waals surface area contributed by atoms with Gasteiger partial charge in [-0.3, -0.25) is 4.79 Å². The van der Waals surface area contributed by atoms with E-state index in [0.29, 0.717) is 13.2 Å². The lowest BCUT2D eigenvalue weighted by atomic mass is 9.91. The molecular weight excluding hydrogens is 316 g/mol. The summed E-state index contributed by atoms with van der Waals surface area (Å²) in [6.07, 6.45) is 3.72. The quantitative estimate of drug-likeness (QED) is 0.757. The topological polar surface area (TPSA) is 73.6 Å². The molecule has 1 fully saturated rings. The Kier molecular flexibility index (Phi) is 7.72. The predicted molar refractivity (Wildman–Crippen MR) is 99.7 cm³/mol. The highest BCUT2D eigenvalue weighted by Gasteiger charge is 2.27. The molecule has 1 aromatic rings. The van der Waals surface area contributed by atoms with Gasteiger partial charge in [0.15, 0.2) is 0 Å². The van der Waals surface area contributed by atoms with Gasteiger partial charge in [0.2, 0.25) is 5.91 Å². The van der Waals surface area contributed by atoms with E-state index >= 15 is 0 Å². The molecule has 5 nitrogen and oxygen atoms in total. The fraction of sp³-hybridized carbons (Fsp3) is 0.650. The van der Waals surface area contributed by atoms with Crippen LogP contribution in [0.1, 0.15) is 45.6 Å². The number of benzene rings is 1. The van der Waals surface area contributed by atoms with E-state index in [1.54, 1.807) is 0 Å². The summed E-state index contributed by atoms with van der Waals surface area (Å²) in [7, 11) is 0. The van der Waals surface area contributed by atoms with Crippen LogP contribution in [0.3, 0.4) is 0 Å². The molecule has 2 unspecified atom stereocenters. The van der Waals surface area contributed by atoms with E-state index in [2.05, 4.69) is 17.4 Å². The monoisotopic (exact) mass is 348 g/mol. The van der Waals surface area contributed by atoms with Gasteiger partial charge in [0, 0.05) is 19.3 Å². The lowest BCUT2D eigenvalue weighted by molar-refractivity contribution is -0.125. The summed E-state index contributed by atoms with van der Waals surface area (Å²) in [6, 6.07) is 7.84. The maximum Gasteiger partial charge on any atom is 0.237 e. The standard InChI is InChI=1S/C20H32N2O3/c1-14(2)25-18-8-6-16(7-9-18)5-4-15(3)22-20(23)19(21)17-10-12-24-13-11-17/h6-9,14-15,17,19H,4-5,10-13,21H2,1-3H3,(H,22,23). The van der Waals surface area contributed by atoms with Gasteiger partial charge in [-0.25, -0.2) is 0 Å². The zero-order chi connectivity index (χ0) is 18.2. The Bertz CT molecular complexity index is 524. The number of aryl methyl sites for hydroxylation is 1. The Morgan fingerprint density at radius 3 is 2.48 bits per heavy atom. The van der Waals surface area contributed by atoms with Crippen molar-refractivity contribution in [2.24, 2.45) is 11.7 Å². The maximum absolute atomic E-state index is 12.3. The maximum atomic E-state index is 12.3. The summed E-state index contributed by atoms with van der Waals surface area (Å²) in [5.74, 6) is 1.08. The fourth-order valence-corrected chi connectivity index (χ4v) is 3.09. The number of hydrogen-bond donors (Lipinski definition) is 2. The molecule has 140 valence electrons. The third kappa shape index (κ3) is 6.67. The molecule has 1 amide bonds. The lowest BCUT2D eigenvalue weighted by Gasteiger charge is -2.27. The van der Waals surface area contributed by atoms with Crippen molar-refractivity contribution in [3.05, 3.63) is 29.8 Å². The van der Waals surface area contributed by atoms with Crippen molar-refractivity contribution in [2.45, 2.75) is 64.6 Å². The highest BCUT2D eigenvalue weighted by atomic mass is 16.5. The van der Waals surface area contributed by atoms with Gasteiger partial charge >= 0.3 is 0 Å². The minimum atomic E-state index is -0.432. The van der Waals surface area contributed by atoms with E-state index in [9.17, 15) is 4.79 Å². The Labute approximate surface area is 151 Å². The van der Waals surface area contributed by atoms with Gasteiger partial charge in [-0.2, -0.15) is 0 Å². The molecule has 0 radical (unpaired) electrons. The fourth-order valence-electron chi connectivity index (χ4n) is 3.09. The molecule has 1 heterocycles. The third-order valence-corrected chi connectivity index (χ3v) is 4.63. The number of carbonyl (C=O) groups is 1. The van der Waals surface area contributed by atoms with Crippen LogP contribution in [0.2, 0.25) is 0 Å². The Balaban J connectivity index is 1.74. The van der Waals surface area contributed by atoms with Gasteiger partial charge in [-0.15, -0.1) is 0 Å².